The monoisotopic (exact) mass is 385 g/mol. The number of nitrogens with one attached hydrogen (secondary N) is 2. The number of halogens is 2. The van der Waals surface area contributed by atoms with E-state index >= 15 is 0 Å². The van der Waals surface area contributed by atoms with E-state index in [1.165, 1.54) is 18.3 Å². The standard InChI is InChI=1S/C19H13Cl2N3O2/c20-13-5-1-3-7-15(13)23-18(25)12-9-10-17(22-11-12)19(26)24-16-8-4-2-6-14(16)21/h1-11H,(H,23,25)(H,24,26). The summed E-state index contributed by atoms with van der Waals surface area (Å²) in [7, 11) is 0. The van der Waals surface area contributed by atoms with Gasteiger partial charge in [0.1, 0.15) is 5.69 Å². The highest BCUT2D eigenvalue weighted by Gasteiger charge is 2.12. The lowest BCUT2D eigenvalue weighted by atomic mass is 10.2. The summed E-state index contributed by atoms with van der Waals surface area (Å²) in [6.07, 6.45) is 1.33. The molecule has 2 amide bonds. The maximum absolute atomic E-state index is 12.3. The average Bonchev–Trinajstić information content (AvgIpc) is 2.65. The third-order valence-corrected chi connectivity index (χ3v) is 4.16. The SMILES string of the molecule is O=C(Nc1ccccc1Cl)c1ccc(C(=O)Nc2ccccc2Cl)nc1. The molecule has 1 heterocycles. The molecule has 0 spiro atoms. The highest BCUT2D eigenvalue weighted by atomic mass is 35.5. The van der Waals surface area contributed by atoms with Crippen LogP contribution < -0.4 is 10.6 Å². The smallest absolute Gasteiger partial charge is 0.274 e. The molecule has 0 radical (unpaired) electrons. The fourth-order valence-corrected chi connectivity index (χ4v) is 2.53. The number of hydrogen-bond acceptors (Lipinski definition) is 3. The molecule has 3 aromatic rings. The van der Waals surface area contributed by atoms with Crippen LogP contribution in [-0.4, -0.2) is 16.8 Å². The van der Waals surface area contributed by atoms with Crippen LogP contribution in [0.15, 0.2) is 66.9 Å². The second-order valence-corrected chi connectivity index (χ2v) is 6.11. The normalized spacial score (nSPS) is 10.2. The number of pyridine rings is 1. The summed E-state index contributed by atoms with van der Waals surface area (Å²) in [6.45, 7) is 0. The van der Waals surface area contributed by atoms with Gasteiger partial charge >= 0.3 is 0 Å². The Morgan fingerprint density at radius 3 is 1.77 bits per heavy atom. The molecular formula is C19H13Cl2N3O2. The van der Waals surface area contributed by atoms with Crippen LogP contribution in [0.2, 0.25) is 10.0 Å². The molecule has 0 aliphatic heterocycles. The molecule has 0 saturated heterocycles. The largest absolute Gasteiger partial charge is 0.321 e. The number of aromatic nitrogens is 1. The number of amides is 2. The zero-order chi connectivity index (χ0) is 18.5. The van der Waals surface area contributed by atoms with E-state index in [4.69, 9.17) is 23.2 Å². The third-order valence-electron chi connectivity index (χ3n) is 3.50. The number of anilines is 2. The van der Waals surface area contributed by atoms with Crippen molar-refractivity contribution in [2.24, 2.45) is 0 Å². The van der Waals surface area contributed by atoms with Crippen molar-refractivity contribution in [3.63, 3.8) is 0 Å². The summed E-state index contributed by atoms with van der Waals surface area (Å²) in [5.41, 5.74) is 1.46. The Morgan fingerprint density at radius 2 is 1.27 bits per heavy atom. The first-order valence-electron chi connectivity index (χ1n) is 7.62. The van der Waals surface area contributed by atoms with Gasteiger partial charge < -0.3 is 10.6 Å². The first kappa shape index (κ1) is 17.9. The van der Waals surface area contributed by atoms with Gasteiger partial charge in [-0.25, -0.2) is 0 Å². The molecule has 3 rings (SSSR count). The minimum absolute atomic E-state index is 0.166. The average molecular weight is 386 g/mol. The van der Waals surface area contributed by atoms with Crippen molar-refractivity contribution in [3.8, 4) is 0 Å². The lowest BCUT2D eigenvalue weighted by molar-refractivity contribution is 0.101. The highest BCUT2D eigenvalue weighted by Crippen LogP contribution is 2.22. The third kappa shape index (κ3) is 4.20. The Balaban J connectivity index is 1.70. The molecule has 5 nitrogen and oxygen atoms in total. The number of hydrogen-bond donors (Lipinski definition) is 2. The topological polar surface area (TPSA) is 71.1 Å². The fourth-order valence-electron chi connectivity index (χ4n) is 2.17. The van der Waals surface area contributed by atoms with Crippen molar-refractivity contribution in [2.45, 2.75) is 0 Å². The number of nitrogens with zero attached hydrogens (tertiary/aromatic N) is 1. The molecule has 2 N–H and O–H groups in total. The van der Waals surface area contributed by atoms with Crippen molar-refractivity contribution < 1.29 is 9.59 Å². The van der Waals surface area contributed by atoms with Gasteiger partial charge in [0.25, 0.3) is 11.8 Å². The van der Waals surface area contributed by atoms with Gasteiger partial charge in [-0.15, -0.1) is 0 Å². The fraction of sp³-hybridized carbons (Fsp3) is 0. The van der Waals surface area contributed by atoms with Gasteiger partial charge in [-0.3, -0.25) is 14.6 Å². The van der Waals surface area contributed by atoms with E-state index in [0.29, 0.717) is 27.0 Å². The van der Waals surface area contributed by atoms with Gasteiger partial charge in [0.05, 0.1) is 27.0 Å². The van der Waals surface area contributed by atoms with Crippen LogP contribution in [0, 0.1) is 0 Å². The maximum Gasteiger partial charge on any atom is 0.274 e. The summed E-state index contributed by atoms with van der Waals surface area (Å²) >= 11 is 12.0. The summed E-state index contributed by atoms with van der Waals surface area (Å²) in [6, 6.07) is 16.8. The van der Waals surface area contributed by atoms with Crippen molar-refractivity contribution >= 4 is 46.4 Å². The maximum atomic E-state index is 12.3. The Bertz CT molecular complexity index is 881. The van der Waals surface area contributed by atoms with E-state index in [1.54, 1.807) is 48.5 Å². The van der Waals surface area contributed by atoms with E-state index in [1.807, 2.05) is 0 Å². The molecule has 7 heteroatoms. The molecule has 0 aliphatic rings. The predicted molar refractivity (Wildman–Crippen MR) is 103 cm³/mol. The van der Waals surface area contributed by atoms with Crippen molar-refractivity contribution in [3.05, 3.63) is 88.2 Å². The second-order valence-electron chi connectivity index (χ2n) is 5.30. The minimum atomic E-state index is -0.420. The summed E-state index contributed by atoms with van der Waals surface area (Å²) in [4.78, 5) is 28.5. The minimum Gasteiger partial charge on any atom is -0.321 e. The highest BCUT2D eigenvalue weighted by molar-refractivity contribution is 6.34. The van der Waals surface area contributed by atoms with Crippen LogP contribution in [0.5, 0.6) is 0 Å². The lowest BCUT2D eigenvalue weighted by Crippen LogP contribution is -2.16. The zero-order valence-corrected chi connectivity index (χ0v) is 14.9. The van der Waals surface area contributed by atoms with Gasteiger partial charge in [-0.05, 0) is 36.4 Å². The van der Waals surface area contributed by atoms with Crippen LogP contribution in [0.4, 0.5) is 11.4 Å². The zero-order valence-electron chi connectivity index (χ0n) is 13.4. The van der Waals surface area contributed by atoms with Crippen LogP contribution in [0.25, 0.3) is 0 Å². The molecule has 1 aromatic heterocycles. The van der Waals surface area contributed by atoms with Crippen LogP contribution >= 0.6 is 23.2 Å². The van der Waals surface area contributed by atoms with Gasteiger partial charge in [0, 0.05) is 6.20 Å². The molecule has 0 unspecified atom stereocenters. The quantitative estimate of drug-likeness (QED) is 0.671. The predicted octanol–water partition coefficient (Wildman–Crippen LogP) is 4.89. The molecule has 2 aromatic carbocycles. The molecular weight excluding hydrogens is 373 g/mol. The van der Waals surface area contributed by atoms with Crippen molar-refractivity contribution in [2.75, 3.05) is 10.6 Å². The van der Waals surface area contributed by atoms with E-state index in [0.717, 1.165) is 0 Å². The Morgan fingerprint density at radius 1 is 0.731 bits per heavy atom. The molecule has 0 atom stereocenters. The van der Waals surface area contributed by atoms with Gasteiger partial charge in [0.15, 0.2) is 0 Å². The first-order valence-corrected chi connectivity index (χ1v) is 8.38. The van der Waals surface area contributed by atoms with Crippen LogP contribution in [0.3, 0.4) is 0 Å². The second kappa shape index (κ2) is 7.99. The Labute approximate surface area is 160 Å². The number of benzene rings is 2. The van der Waals surface area contributed by atoms with E-state index < -0.39 is 5.91 Å². The summed E-state index contributed by atoms with van der Waals surface area (Å²) < 4.78 is 0. The molecule has 130 valence electrons. The molecule has 0 bridgehead atoms. The summed E-state index contributed by atoms with van der Waals surface area (Å²) in [5, 5.41) is 6.23. The van der Waals surface area contributed by atoms with Gasteiger partial charge in [0.2, 0.25) is 0 Å². The van der Waals surface area contributed by atoms with Gasteiger partial charge in [-0.2, -0.15) is 0 Å². The molecule has 0 fully saturated rings. The molecule has 0 aliphatic carbocycles. The number of carbonyl (C=O) groups excluding carboxylic acids is 2. The Kier molecular flexibility index (Phi) is 5.51. The number of para-hydroxylation sites is 2. The molecule has 26 heavy (non-hydrogen) atoms. The van der Waals surface area contributed by atoms with E-state index in [9.17, 15) is 9.59 Å². The number of rotatable bonds is 4. The van der Waals surface area contributed by atoms with Crippen LogP contribution in [-0.2, 0) is 0 Å². The van der Waals surface area contributed by atoms with Crippen LogP contribution in [0.1, 0.15) is 20.8 Å². The van der Waals surface area contributed by atoms with E-state index in [2.05, 4.69) is 15.6 Å². The lowest BCUT2D eigenvalue weighted by Gasteiger charge is -2.08. The van der Waals surface area contributed by atoms with Crippen molar-refractivity contribution in [1.82, 2.24) is 4.98 Å². The molecule has 0 saturated carbocycles. The van der Waals surface area contributed by atoms with Crippen molar-refractivity contribution in [1.29, 1.82) is 0 Å². The first-order chi connectivity index (χ1) is 12.5. The Hall–Kier alpha value is -2.89. The van der Waals surface area contributed by atoms with E-state index in [-0.39, 0.29) is 11.6 Å². The van der Waals surface area contributed by atoms with Gasteiger partial charge in [-0.1, -0.05) is 47.5 Å². The summed E-state index contributed by atoms with van der Waals surface area (Å²) in [5.74, 6) is -0.792. The number of carbonyl (C=O) groups is 2.